The van der Waals surface area contributed by atoms with E-state index in [0.29, 0.717) is 38.0 Å². The Kier molecular flexibility index (Phi) is 12.2. The highest BCUT2D eigenvalue weighted by atomic mass is 19.3. The number of halogens is 2. The van der Waals surface area contributed by atoms with Crippen LogP contribution in [0.1, 0.15) is 81.6 Å². The van der Waals surface area contributed by atoms with Crippen LogP contribution in [0.3, 0.4) is 0 Å². The van der Waals surface area contributed by atoms with Crippen LogP contribution < -0.4 is 26.0 Å². The van der Waals surface area contributed by atoms with Gasteiger partial charge < -0.3 is 35.8 Å². The number of aromatic nitrogens is 1. The van der Waals surface area contributed by atoms with E-state index in [1.807, 2.05) is 0 Å². The molecule has 2 saturated heterocycles. The van der Waals surface area contributed by atoms with Gasteiger partial charge in [-0.25, -0.2) is 23.4 Å². The van der Waals surface area contributed by atoms with Crippen LogP contribution in [-0.2, 0) is 4.74 Å². The number of nitrogens with two attached hydrogens (primary N) is 1. The first-order valence-electron chi connectivity index (χ1n) is 14.5. The number of carboxylic acid groups (broad SMARTS) is 1. The Bertz CT molecular complexity index is 951. The molecule has 0 aromatic carbocycles. The summed E-state index contributed by atoms with van der Waals surface area (Å²) in [5.74, 6) is -3.26. The molecule has 2 amide bonds. The third-order valence-electron chi connectivity index (χ3n) is 7.29. The molecule has 1 aliphatic carbocycles. The van der Waals surface area contributed by atoms with Crippen molar-refractivity contribution < 1.29 is 33.0 Å². The number of ether oxygens (including phenoxy) is 2. The number of carbonyl (C=O) groups excluding carboxylic acids is 1. The standard InChI is InChI=1S/C15H31N3O2.C13H14F2N2O3/c1-2-3-4-5-6-7-8-9-10-18-15(12-20-13-15)11-17-14(16)19;14-13(15)6-17(7-13)10-4-3-9(12(18)19)16-11(10)20-5-8-1-2-8/h18H,2-13H2,1H3,(H3,16,17,19);3-4,8H,1-2,5-7H2,(H,18,19). The van der Waals surface area contributed by atoms with Crippen molar-refractivity contribution in [1.82, 2.24) is 15.6 Å². The molecule has 12 heteroatoms. The number of unbranched alkanes of at least 4 members (excludes halogenated alkanes) is 7. The van der Waals surface area contributed by atoms with Gasteiger partial charge in [0.15, 0.2) is 5.69 Å². The summed E-state index contributed by atoms with van der Waals surface area (Å²) in [6, 6.07) is 2.32. The molecular formula is C28H45F2N5O5. The minimum atomic E-state index is -2.70. The zero-order valence-electron chi connectivity index (χ0n) is 23.6. The molecule has 3 heterocycles. The number of rotatable bonds is 17. The summed E-state index contributed by atoms with van der Waals surface area (Å²) in [5, 5.41) is 15.1. The lowest BCUT2D eigenvalue weighted by Gasteiger charge is -2.42. The fourth-order valence-corrected chi connectivity index (χ4v) is 4.55. The van der Waals surface area contributed by atoms with Crippen molar-refractivity contribution in [2.75, 3.05) is 50.9 Å². The van der Waals surface area contributed by atoms with E-state index in [4.69, 9.17) is 20.3 Å². The Hall–Kier alpha value is -2.73. The molecule has 226 valence electrons. The van der Waals surface area contributed by atoms with Crippen molar-refractivity contribution in [2.24, 2.45) is 11.7 Å². The van der Waals surface area contributed by atoms with Gasteiger partial charge in [0.2, 0.25) is 5.88 Å². The highest BCUT2D eigenvalue weighted by Gasteiger charge is 2.45. The van der Waals surface area contributed by atoms with E-state index in [2.05, 4.69) is 22.5 Å². The number of anilines is 1. The Labute approximate surface area is 235 Å². The molecule has 0 spiro atoms. The van der Waals surface area contributed by atoms with E-state index in [0.717, 1.165) is 19.4 Å². The molecule has 1 aromatic rings. The summed E-state index contributed by atoms with van der Waals surface area (Å²) >= 11 is 0. The third kappa shape index (κ3) is 10.7. The van der Waals surface area contributed by atoms with Gasteiger partial charge in [-0.3, -0.25) is 0 Å². The number of carboxylic acids is 1. The first-order chi connectivity index (χ1) is 19.1. The molecule has 4 rings (SSSR count). The summed E-state index contributed by atoms with van der Waals surface area (Å²) in [5.41, 5.74) is 5.30. The van der Waals surface area contributed by atoms with Crippen molar-refractivity contribution in [1.29, 1.82) is 0 Å². The molecule has 0 radical (unpaired) electrons. The number of alkyl halides is 2. The van der Waals surface area contributed by atoms with Gasteiger partial charge in [-0.15, -0.1) is 0 Å². The van der Waals surface area contributed by atoms with E-state index in [1.54, 1.807) is 0 Å². The molecule has 0 unspecified atom stereocenters. The van der Waals surface area contributed by atoms with Gasteiger partial charge in [0.1, 0.15) is 5.69 Å². The Morgan fingerprint density at radius 1 is 1.12 bits per heavy atom. The number of primary amides is 1. The SMILES string of the molecule is CCCCCCCCCCNC1(CNC(N)=O)COC1.O=C(O)c1ccc(N2CC(F)(F)C2)c(OCC2CC2)n1. The molecule has 1 saturated carbocycles. The Morgan fingerprint density at radius 3 is 2.30 bits per heavy atom. The molecule has 2 aliphatic heterocycles. The number of urea groups is 1. The normalized spacial score (nSPS) is 18.5. The van der Waals surface area contributed by atoms with Crippen LogP contribution in [0.4, 0.5) is 19.3 Å². The van der Waals surface area contributed by atoms with E-state index in [1.165, 1.54) is 68.4 Å². The number of amides is 2. The van der Waals surface area contributed by atoms with Crippen molar-refractivity contribution >= 4 is 17.7 Å². The van der Waals surface area contributed by atoms with Gasteiger partial charge in [-0.2, -0.15) is 0 Å². The molecular weight excluding hydrogens is 524 g/mol. The summed E-state index contributed by atoms with van der Waals surface area (Å²) < 4.78 is 36.6. The predicted octanol–water partition coefficient (Wildman–Crippen LogP) is 4.18. The summed E-state index contributed by atoms with van der Waals surface area (Å²) in [6.45, 7) is 4.78. The molecule has 1 aromatic heterocycles. The zero-order valence-corrected chi connectivity index (χ0v) is 23.6. The molecule has 3 aliphatic rings. The maximum Gasteiger partial charge on any atom is 0.354 e. The molecule has 0 atom stereocenters. The molecule has 3 fully saturated rings. The average Bonchev–Trinajstić information content (AvgIpc) is 3.70. The smallest absolute Gasteiger partial charge is 0.354 e. The second-order valence-corrected chi connectivity index (χ2v) is 11.2. The van der Waals surface area contributed by atoms with Crippen LogP contribution in [0, 0.1) is 5.92 Å². The number of hydrogen-bond donors (Lipinski definition) is 4. The predicted molar refractivity (Wildman–Crippen MR) is 148 cm³/mol. The first-order valence-corrected chi connectivity index (χ1v) is 14.5. The quantitative estimate of drug-likeness (QED) is 0.205. The van der Waals surface area contributed by atoms with E-state index in [-0.39, 0.29) is 30.2 Å². The number of nitrogens with one attached hydrogen (secondary N) is 2. The number of nitrogens with zero attached hydrogens (tertiary/aromatic N) is 2. The van der Waals surface area contributed by atoms with Gasteiger partial charge in [0.05, 0.1) is 38.4 Å². The van der Waals surface area contributed by atoms with Crippen LogP contribution in [0.5, 0.6) is 5.88 Å². The van der Waals surface area contributed by atoms with Gasteiger partial charge in [-0.1, -0.05) is 51.9 Å². The summed E-state index contributed by atoms with van der Waals surface area (Å²) in [7, 11) is 0. The highest BCUT2D eigenvalue weighted by molar-refractivity contribution is 5.86. The van der Waals surface area contributed by atoms with Crippen molar-refractivity contribution in [3.63, 3.8) is 0 Å². The number of aromatic carboxylic acids is 1. The van der Waals surface area contributed by atoms with Gasteiger partial charge in [0, 0.05) is 6.54 Å². The maximum atomic E-state index is 12.9. The number of carbonyl (C=O) groups is 2. The highest BCUT2D eigenvalue weighted by Crippen LogP contribution is 2.37. The second-order valence-electron chi connectivity index (χ2n) is 11.2. The fourth-order valence-electron chi connectivity index (χ4n) is 4.55. The lowest BCUT2D eigenvalue weighted by molar-refractivity contribution is -0.0714. The van der Waals surface area contributed by atoms with E-state index < -0.39 is 17.9 Å². The van der Waals surface area contributed by atoms with Crippen LogP contribution >= 0.6 is 0 Å². The van der Waals surface area contributed by atoms with Crippen LogP contribution in [0.15, 0.2) is 12.1 Å². The van der Waals surface area contributed by atoms with Crippen LogP contribution in [-0.4, -0.2) is 79.6 Å². The molecule has 10 nitrogen and oxygen atoms in total. The largest absolute Gasteiger partial charge is 0.477 e. The Morgan fingerprint density at radius 2 is 1.77 bits per heavy atom. The number of pyridine rings is 1. The van der Waals surface area contributed by atoms with E-state index in [9.17, 15) is 18.4 Å². The lowest BCUT2D eigenvalue weighted by Crippen LogP contribution is -2.66. The second kappa shape index (κ2) is 15.3. The lowest BCUT2D eigenvalue weighted by atomic mass is 9.97. The van der Waals surface area contributed by atoms with E-state index >= 15 is 0 Å². The summed E-state index contributed by atoms with van der Waals surface area (Å²) in [6.07, 6.45) is 12.8. The van der Waals surface area contributed by atoms with Crippen LogP contribution in [0.2, 0.25) is 0 Å². The third-order valence-corrected chi connectivity index (χ3v) is 7.29. The minimum Gasteiger partial charge on any atom is -0.477 e. The first kappa shape index (κ1) is 31.8. The monoisotopic (exact) mass is 569 g/mol. The fraction of sp³-hybridized carbons (Fsp3) is 0.750. The van der Waals surface area contributed by atoms with Gasteiger partial charge in [0.25, 0.3) is 5.92 Å². The van der Waals surface area contributed by atoms with Gasteiger partial charge >= 0.3 is 12.0 Å². The topological polar surface area (TPSA) is 139 Å². The maximum absolute atomic E-state index is 12.9. The Balaban J connectivity index is 0.000000220. The summed E-state index contributed by atoms with van der Waals surface area (Å²) in [4.78, 5) is 27.0. The zero-order chi connectivity index (χ0) is 29.0. The van der Waals surface area contributed by atoms with Crippen LogP contribution in [0.25, 0.3) is 0 Å². The minimum absolute atomic E-state index is 0.0871. The van der Waals surface area contributed by atoms with Crippen molar-refractivity contribution in [3.8, 4) is 5.88 Å². The number of hydrogen-bond acceptors (Lipinski definition) is 7. The van der Waals surface area contributed by atoms with Crippen molar-refractivity contribution in [3.05, 3.63) is 17.8 Å². The molecule has 5 N–H and O–H groups in total. The molecule has 0 bridgehead atoms. The average molecular weight is 570 g/mol. The van der Waals surface area contributed by atoms with Crippen molar-refractivity contribution in [2.45, 2.75) is 82.6 Å². The molecule has 40 heavy (non-hydrogen) atoms. The van der Waals surface area contributed by atoms with Gasteiger partial charge in [-0.05, 0) is 43.9 Å².